The maximum absolute atomic E-state index is 13.3. The quantitative estimate of drug-likeness (QED) is 0.426. The first-order valence-electron chi connectivity index (χ1n) is 9.32. The van der Waals surface area contributed by atoms with Crippen LogP contribution in [0.15, 0.2) is 90.1 Å². The first-order chi connectivity index (χ1) is 15.3. The van der Waals surface area contributed by atoms with Crippen molar-refractivity contribution in [1.82, 2.24) is 9.78 Å². The molecular formula is C22H16ClFN4O3S. The van der Waals surface area contributed by atoms with Gasteiger partial charge in [0.1, 0.15) is 5.82 Å². The maximum atomic E-state index is 13.3. The van der Waals surface area contributed by atoms with Gasteiger partial charge in [-0.05, 0) is 60.7 Å². The zero-order chi connectivity index (χ0) is 22.7. The third-order valence-corrected chi connectivity index (χ3v) is 6.17. The third-order valence-electron chi connectivity index (χ3n) is 4.50. The lowest BCUT2D eigenvalue weighted by molar-refractivity contribution is 0.102. The first kappa shape index (κ1) is 21.5. The fourth-order valence-corrected chi connectivity index (χ4v) is 4.26. The van der Waals surface area contributed by atoms with Crippen LogP contribution in [0.4, 0.5) is 15.8 Å². The zero-order valence-electron chi connectivity index (χ0n) is 16.4. The van der Waals surface area contributed by atoms with E-state index >= 15 is 0 Å². The van der Waals surface area contributed by atoms with Gasteiger partial charge < -0.3 is 5.32 Å². The van der Waals surface area contributed by atoms with Crippen LogP contribution in [0.2, 0.25) is 5.02 Å². The minimum atomic E-state index is -3.98. The van der Waals surface area contributed by atoms with Crippen LogP contribution >= 0.6 is 11.6 Å². The predicted molar refractivity (Wildman–Crippen MR) is 120 cm³/mol. The van der Waals surface area contributed by atoms with Crippen molar-refractivity contribution < 1.29 is 17.6 Å². The minimum Gasteiger partial charge on any atom is -0.320 e. The largest absolute Gasteiger partial charge is 0.320 e. The fraction of sp³-hybridized carbons (Fsp3) is 0. The van der Waals surface area contributed by atoms with Crippen molar-refractivity contribution in [1.29, 1.82) is 0 Å². The summed E-state index contributed by atoms with van der Waals surface area (Å²) in [6, 6.07) is 18.0. The van der Waals surface area contributed by atoms with Crippen LogP contribution in [0.1, 0.15) is 10.4 Å². The zero-order valence-corrected chi connectivity index (χ0v) is 17.9. The van der Waals surface area contributed by atoms with Crippen LogP contribution in [-0.4, -0.2) is 24.1 Å². The van der Waals surface area contributed by atoms with Crippen molar-refractivity contribution in [3.8, 4) is 5.69 Å². The lowest BCUT2D eigenvalue weighted by Crippen LogP contribution is -2.15. The van der Waals surface area contributed by atoms with Gasteiger partial charge in [-0.3, -0.25) is 9.52 Å². The van der Waals surface area contributed by atoms with E-state index in [1.807, 2.05) is 12.1 Å². The molecule has 32 heavy (non-hydrogen) atoms. The van der Waals surface area contributed by atoms with Gasteiger partial charge in [0.05, 0.1) is 21.3 Å². The number of para-hydroxylation sites is 2. The molecule has 0 aliphatic rings. The molecule has 2 N–H and O–H groups in total. The highest BCUT2D eigenvalue weighted by atomic mass is 35.5. The Morgan fingerprint density at radius 3 is 2.44 bits per heavy atom. The second kappa shape index (κ2) is 8.81. The van der Waals surface area contributed by atoms with Crippen LogP contribution in [-0.2, 0) is 10.0 Å². The molecule has 3 aromatic carbocycles. The molecule has 0 unspecified atom stereocenters. The standard InChI is InChI=1S/C22H16ClFN4O3S/c23-18-14-17(10-11-19(18)24)32(30,31)27-16-8-6-15(7-9-16)22(29)26-20-4-1-2-5-21(20)28-13-3-12-25-28/h1-14,27H,(H,26,29). The highest BCUT2D eigenvalue weighted by Gasteiger charge is 2.17. The number of nitrogens with one attached hydrogen (secondary N) is 2. The summed E-state index contributed by atoms with van der Waals surface area (Å²) in [5.41, 5.74) is 1.83. The Kier molecular flexibility index (Phi) is 5.93. The molecule has 1 amide bonds. The Bertz CT molecular complexity index is 1370. The average Bonchev–Trinajstić information content (AvgIpc) is 3.31. The summed E-state index contributed by atoms with van der Waals surface area (Å²) in [4.78, 5) is 12.5. The molecule has 1 heterocycles. The van der Waals surface area contributed by atoms with Crippen molar-refractivity contribution in [2.75, 3.05) is 10.0 Å². The molecular weight excluding hydrogens is 455 g/mol. The minimum absolute atomic E-state index is 0.180. The molecule has 4 rings (SSSR count). The van der Waals surface area contributed by atoms with Crippen molar-refractivity contribution in [2.24, 2.45) is 0 Å². The van der Waals surface area contributed by atoms with E-state index in [-0.39, 0.29) is 21.5 Å². The van der Waals surface area contributed by atoms with E-state index in [0.29, 0.717) is 16.9 Å². The summed E-state index contributed by atoms with van der Waals surface area (Å²) in [6.45, 7) is 0. The lowest BCUT2D eigenvalue weighted by atomic mass is 10.2. The van der Waals surface area contributed by atoms with Crippen LogP contribution in [0.25, 0.3) is 5.69 Å². The molecule has 162 valence electrons. The van der Waals surface area contributed by atoms with Gasteiger partial charge in [0, 0.05) is 23.6 Å². The fourth-order valence-electron chi connectivity index (χ4n) is 2.93. The SMILES string of the molecule is O=C(Nc1ccccc1-n1cccn1)c1ccc(NS(=O)(=O)c2ccc(F)c(Cl)c2)cc1. The molecule has 0 spiro atoms. The molecule has 0 aliphatic carbocycles. The topological polar surface area (TPSA) is 93.1 Å². The number of aromatic nitrogens is 2. The third kappa shape index (κ3) is 4.63. The molecule has 0 saturated heterocycles. The Labute approximate surface area is 188 Å². The molecule has 0 aliphatic heterocycles. The van der Waals surface area contributed by atoms with Crippen LogP contribution in [0, 0.1) is 5.82 Å². The summed E-state index contributed by atoms with van der Waals surface area (Å²) < 4.78 is 42.3. The van der Waals surface area contributed by atoms with E-state index in [9.17, 15) is 17.6 Å². The van der Waals surface area contributed by atoms with Crippen molar-refractivity contribution in [3.05, 3.63) is 102 Å². The number of hydrogen-bond acceptors (Lipinski definition) is 4. The Morgan fingerprint density at radius 2 is 1.75 bits per heavy atom. The van der Waals surface area contributed by atoms with E-state index in [2.05, 4.69) is 15.1 Å². The van der Waals surface area contributed by atoms with Gasteiger partial charge in [-0.15, -0.1) is 0 Å². The van der Waals surface area contributed by atoms with Gasteiger partial charge in [-0.2, -0.15) is 5.10 Å². The lowest BCUT2D eigenvalue weighted by Gasteiger charge is -2.12. The molecule has 0 atom stereocenters. The van der Waals surface area contributed by atoms with Crippen molar-refractivity contribution >= 4 is 38.9 Å². The number of sulfonamides is 1. The number of benzene rings is 3. The Hall–Kier alpha value is -3.69. The Morgan fingerprint density at radius 1 is 1.00 bits per heavy atom. The van der Waals surface area contributed by atoms with Crippen molar-refractivity contribution in [2.45, 2.75) is 4.90 Å². The monoisotopic (exact) mass is 470 g/mol. The second-order valence-corrected chi connectivity index (χ2v) is 8.77. The number of carbonyl (C=O) groups is 1. The molecule has 1 aromatic heterocycles. The van der Waals surface area contributed by atoms with E-state index in [1.54, 1.807) is 35.3 Å². The van der Waals surface area contributed by atoms with Crippen LogP contribution in [0.5, 0.6) is 0 Å². The number of anilines is 2. The highest BCUT2D eigenvalue weighted by Crippen LogP contribution is 2.23. The molecule has 0 saturated carbocycles. The van der Waals surface area contributed by atoms with E-state index in [4.69, 9.17) is 11.6 Å². The van der Waals surface area contributed by atoms with E-state index in [1.165, 1.54) is 24.3 Å². The number of carbonyl (C=O) groups excluding carboxylic acids is 1. The number of halogens is 2. The summed E-state index contributed by atoms with van der Waals surface area (Å²) in [6.07, 6.45) is 3.40. The molecule has 10 heteroatoms. The number of amides is 1. The summed E-state index contributed by atoms with van der Waals surface area (Å²) in [5, 5.41) is 6.71. The summed E-state index contributed by atoms with van der Waals surface area (Å²) in [7, 11) is -3.98. The molecule has 0 fully saturated rings. The number of rotatable bonds is 6. The molecule has 0 bridgehead atoms. The number of hydrogen-bond donors (Lipinski definition) is 2. The smallest absolute Gasteiger partial charge is 0.261 e. The summed E-state index contributed by atoms with van der Waals surface area (Å²) >= 11 is 5.67. The predicted octanol–water partition coefficient (Wildman–Crippen LogP) is 4.72. The molecule has 0 radical (unpaired) electrons. The summed E-state index contributed by atoms with van der Waals surface area (Å²) in [5.74, 6) is -1.08. The first-order valence-corrected chi connectivity index (χ1v) is 11.2. The van der Waals surface area contributed by atoms with E-state index < -0.39 is 15.8 Å². The van der Waals surface area contributed by atoms with Gasteiger partial charge in [-0.1, -0.05) is 23.7 Å². The highest BCUT2D eigenvalue weighted by molar-refractivity contribution is 7.92. The molecule has 7 nitrogen and oxygen atoms in total. The maximum Gasteiger partial charge on any atom is 0.261 e. The van der Waals surface area contributed by atoms with Gasteiger partial charge >= 0.3 is 0 Å². The Balaban J connectivity index is 1.49. The van der Waals surface area contributed by atoms with Crippen LogP contribution < -0.4 is 10.0 Å². The normalized spacial score (nSPS) is 11.2. The molecule has 4 aromatic rings. The number of nitrogens with zero attached hydrogens (tertiary/aromatic N) is 2. The van der Waals surface area contributed by atoms with Crippen LogP contribution in [0.3, 0.4) is 0 Å². The van der Waals surface area contributed by atoms with Gasteiger partial charge in [0.2, 0.25) is 0 Å². The second-order valence-electron chi connectivity index (χ2n) is 6.68. The average molecular weight is 471 g/mol. The van der Waals surface area contributed by atoms with Gasteiger partial charge in [-0.25, -0.2) is 17.5 Å². The van der Waals surface area contributed by atoms with E-state index in [0.717, 1.165) is 18.2 Å². The van der Waals surface area contributed by atoms with Crippen molar-refractivity contribution in [3.63, 3.8) is 0 Å². The van der Waals surface area contributed by atoms with Gasteiger partial charge in [0.25, 0.3) is 15.9 Å². The van der Waals surface area contributed by atoms with Gasteiger partial charge in [0.15, 0.2) is 0 Å².